The van der Waals surface area contributed by atoms with Crippen molar-refractivity contribution in [2.45, 2.75) is 25.8 Å². The molecule has 2 rings (SSSR count). The molecule has 2 aromatic rings. The van der Waals surface area contributed by atoms with Crippen LogP contribution in [0.5, 0.6) is 0 Å². The van der Waals surface area contributed by atoms with E-state index in [4.69, 9.17) is 10.2 Å². The average Bonchev–Trinajstić information content (AvgIpc) is 2.71. The second kappa shape index (κ2) is 4.49. The van der Waals surface area contributed by atoms with Gasteiger partial charge in [0.05, 0.1) is 6.04 Å². The summed E-state index contributed by atoms with van der Waals surface area (Å²) in [6.45, 7) is 2.01. The van der Waals surface area contributed by atoms with Crippen LogP contribution < -0.4 is 5.73 Å². The van der Waals surface area contributed by atoms with E-state index in [1.165, 1.54) is 0 Å². The fourth-order valence-electron chi connectivity index (χ4n) is 1.73. The van der Waals surface area contributed by atoms with E-state index in [0.717, 1.165) is 17.4 Å². The molecule has 3 nitrogen and oxygen atoms in total. The standard InChI is InChI=1S/C13H15NO2/c1-2-5-10(14)13(15)12-8-9-6-3-4-7-11(9)16-12/h3-4,6-8,10H,2,5,14H2,1H3. The van der Waals surface area contributed by atoms with Crippen molar-refractivity contribution in [2.75, 3.05) is 0 Å². The Labute approximate surface area is 94.2 Å². The van der Waals surface area contributed by atoms with Crippen molar-refractivity contribution in [1.29, 1.82) is 0 Å². The topological polar surface area (TPSA) is 56.2 Å². The molecule has 0 saturated carbocycles. The lowest BCUT2D eigenvalue weighted by molar-refractivity contribution is 0.0931. The van der Waals surface area contributed by atoms with Crippen LogP contribution in [0.2, 0.25) is 0 Å². The quantitative estimate of drug-likeness (QED) is 0.801. The Kier molecular flexibility index (Phi) is 3.06. The number of nitrogens with two attached hydrogens (primary N) is 1. The molecule has 1 heterocycles. The van der Waals surface area contributed by atoms with Gasteiger partial charge in [-0.1, -0.05) is 31.5 Å². The number of ketones is 1. The van der Waals surface area contributed by atoms with Crippen LogP contribution in [-0.2, 0) is 0 Å². The van der Waals surface area contributed by atoms with Gasteiger partial charge in [0, 0.05) is 5.39 Å². The Bertz CT molecular complexity index is 468. The van der Waals surface area contributed by atoms with E-state index < -0.39 is 6.04 Å². The Hall–Kier alpha value is -1.61. The summed E-state index contributed by atoms with van der Waals surface area (Å²) in [5, 5.41) is 0.939. The first-order chi connectivity index (χ1) is 7.72. The van der Waals surface area contributed by atoms with Gasteiger partial charge in [-0.25, -0.2) is 0 Å². The smallest absolute Gasteiger partial charge is 0.214 e. The van der Waals surface area contributed by atoms with Crippen molar-refractivity contribution in [3.63, 3.8) is 0 Å². The molecule has 0 aliphatic carbocycles. The molecule has 0 aliphatic rings. The van der Waals surface area contributed by atoms with Gasteiger partial charge < -0.3 is 10.2 Å². The molecule has 0 amide bonds. The normalized spacial score (nSPS) is 12.9. The first-order valence-electron chi connectivity index (χ1n) is 5.50. The van der Waals surface area contributed by atoms with Crippen molar-refractivity contribution in [3.05, 3.63) is 36.1 Å². The van der Waals surface area contributed by atoms with Crippen LogP contribution in [0.4, 0.5) is 0 Å². The number of hydrogen-bond acceptors (Lipinski definition) is 3. The lowest BCUT2D eigenvalue weighted by atomic mass is 10.1. The van der Waals surface area contributed by atoms with E-state index in [9.17, 15) is 4.79 Å². The summed E-state index contributed by atoms with van der Waals surface area (Å²) < 4.78 is 5.47. The third-order valence-corrected chi connectivity index (χ3v) is 2.60. The molecule has 0 radical (unpaired) electrons. The number of para-hydroxylation sites is 1. The highest BCUT2D eigenvalue weighted by Crippen LogP contribution is 2.20. The summed E-state index contributed by atoms with van der Waals surface area (Å²) >= 11 is 0. The SMILES string of the molecule is CCCC(N)C(=O)c1cc2ccccc2o1. The predicted octanol–water partition coefficient (Wildman–Crippen LogP) is 2.74. The van der Waals surface area contributed by atoms with Gasteiger partial charge in [0.15, 0.2) is 5.76 Å². The second-order valence-corrected chi connectivity index (χ2v) is 3.91. The summed E-state index contributed by atoms with van der Waals surface area (Å²) in [6.07, 6.45) is 1.59. The summed E-state index contributed by atoms with van der Waals surface area (Å²) in [5.41, 5.74) is 6.50. The van der Waals surface area contributed by atoms with Crippen LogP contribution in [0.15, 0.2) is 34.7 Å². The predicted molar refractivity (Wildman–Crippen MR) is 63.4 cm³/mol. The molecule has 3 heteroatoms. The van der Waals surface area contributed by atoms with E-state index in [-0.39, 0.29) is 5.78 Å². The van der Waals surface area contributed by atoms with E-state index in [1.807, 2.05) is 31.2 Å². The van der Waals surface area contributed by atoms with Gasteiger partial charge in [-0.05, 0) is 18.6 Å². The zero-order valence-electron chi connectivity index (χ0n) is 9.27. The Balaban J connectivity index is 2.29. The summed E-state index contributed by atoms with van der Waals surface area (Å²) in [5.74, 6) is 0.250. The fourth-order valence-corrected chi connectivity index (χ4v) is 1.73. The highest BCUT2D eigenvalue weighted by Gasteiger charge is 2.18. The Morgan fingerprint density at radius 2 is 2.19 bits per heavy atom. The minimum absolute atomic E-state index is 0.113. The molecule has 0 bridgehead atoms. The molecule has 0 fully saturated rings. The molecule has 1 atom stereocenters. The number of carbonyl (C=O) groups is 1. The van der Waals surface area contributed by atoms with Gasteiger partial charge in [0.25, 0.3) is 0 Å². The molecule has 1 unspecified atom stereocenters. The molecule has 1 aromatic heterocycles. The lowest BCUT2D eigenvalue weighted by Crippen LogP contribution is -2.29. The van der Waals surface area contributed by atoms with Gasteiger partial charge in [-0.2, -0.15) is 0 Å². The largest absolute Gasteiger partial charge is 0.453 e. The van der Waals surface area contributed by atoms with Crippen LogP contribution in [0.1, 0.15) is 30.3 Å². The number of carbonyl (C=O) groups excluding carboxylic acids is 1. The number of fused-ring (bicyclic) bond motifs is 1. The van der Waals surface area contributed by atoms with Crippen molar-refractivity contribution >= 4 is 16.8 Å². The van der Waals surface area contributed by atoms with Crippen molar-refractivity contribution in [3.8, 4) is 0 Å². The van der Waals surface area contributed by atoms with Gasteiger partial charge in [0.2, 0.25) is 5.78 Å². The molecule has 2 N–H and O–H groups in total. The maximum atomic E-state index is 11.9. The first kappa shape index (κ1) is 10.9. The summed E-state index contributed by atoms with van der Waals surface area (Å²) in [6, 6.07) is 8.86. The van der Waals surface area contributed by atoms with Crippen molar-refractivity contribution < 1.29 is 9.21 Å². The van der Waals surface area contributed by atoms with Crippen LogP contribution in [0, 0.1) is 0 Å². The summed E-state index contributed by atoms with van der Waals surface area (Å²) in [7, 11) is 0. The summed E-state index contributed by atoms with van der Waals surface area (Å²) in [4.78, 5) is 11.9. The van der Waals surface area contributed by atoms with E-state index in [2.05, 4.69) is 0 Å². The van der Waals surface area contributed by atoms with Crippen molar-refractivity contribution in [2.24, 2.45) is 5.73 Å². The van der Waals surface area contributed by atoms with E-state index in [1.54, 1.807) is 6.07 Å². The zero-order chi connectivity index (χ0) is 11.5. The minimum atomic E-state index is -0.453. The first-order valence-corrected chi connectivity index (χ1v) is 5.50. The lowest BCUT2D eigenvalue weighted by Gasteiger charge is -2.05. The molecule has 16 heavy (non-hydrogen) atoms. The number of benzene rings is 1. The monoisotopic (exact) mass is 217 g/mol. The third kappa shape index (κ3) is 1.99. The average molecular weight is 217 g/mol. The molecule has 84 valence electrons. The van der Waals surface area contributed by atoms with Gasteiger partial charge in [0.1, 0.15) is 5.58 Å². The van der Waals surface area contributed by atoms with Crippen LogP contribution >= 0.6 is 0 Å². The molecule has 1 aromatic carbocycles. The Morgan fingerprint density at radius 3 is 2.88 bits per heavy atom. The molecule has 0 spiro atoms. The highest BCUT2D eigenvalue weighted by atomic mass is 16.3. The molecule has 0 aliphatic heterocycles. The maximum Gasteiger partial charge on any atom is 0.214 e. The zero-order valence-corrected chi connectivity index (χ0v) is 9.27. The van der Waals surface area contributed by atoms with E-state index in [0.29, 0.717) is 12.2 Å². The van der Waals surface area contributed by atoms with Gasteiger partial charge in [-0.15, -0.1) is 0 Å². The van der Waals surface area contributed by atoms with Gasteiger partial charge >= 0.3 is 0 Å². The van der Waals surface area contributed by atoms with E-state index >= 15 is 0 Å². The number of Topliss-reactive ketones (excluding diaryl/α,β-unsaturated/α-hetero) is 1. The third-order valence-electron chi connectivity index (χ3n) is 2.60. The second-order valence-electron chi connectivity index (χ2n) is 3.91. The minimum Gasteiger partial charge on any atom is -0.453 e. The molecular formula is C13H15NO2. The fraction of sp³-hybridized carbons (Fsp3) is 0.308. The number of rotatable bonds is 4. The molecule has 0 saturated heterocycles. The van der Waals surface area contributed by atoms with Crippen LogP contribution in [0.3, 0.4) is 0 Å². The number of furan rings is 1. The molecular weight excluding hydrogens is 202 g/mol. The van der Waals surface area contributed by atoms with Crippen molar-refractivity contribution in [1.82, 2.24) is 0 Å². The highest BCUT2D eigenvalue weighted by molar-refractivity contribution is 6.00. The van der Waals surface area contributed by atoms with Gasteiger partial charge in [-0.3, -0.25) is 4.79 Å². The Morgan fingerprint density at radius 1 is 1.44 bits per heavy atom. The number of hydrogen-bond donors (Lipinski definition) is 1. The maximum absolute atomic E-state index is 11.9. The van der Waals surface area contributed by atoms with Crippen LogP contribution in [0.25, 0.3) is 11.0 Å². The van der Waals surface area contributed by atoms with Crippen LogP contribution in [-0.4, -0.2) is 11.8 Å².